The van der Waals surface area contributed by atoms with Gasteiger partial charge in [-0.25, -0.2) is 27.9 Å². The molecule has 0 spiro atoms. The number of nitrogens with zero attached hydrogens (tertiary/aromatic N) is 2. The van der Waals surface area contributed by atoms with Gasteiger partial charge in [0.25, 0.3) is 0 Å². The van der Waals surface area contributed by atoms with Gasteiger partial charge in [-0.3, -0.25) is 4.98 Å². The standard InChI is InChI=1S/C10H8ClFN4O3/c1-15-8(17)14-9(18)16(10(15)19)7-3-6(13)5(12)2-4(7)11/h2-3H,13H2,1H3,(H,14,17,18). The van der Waals surface area contributed by atoms with Gasteiger partial charge in [-0.05, 0) is 12.1 Å². The highest BCUT2D eigenvalue weighted by atomic mass is 35.5. The maximum absolute atomic E-state index is 13.2. The Morgan fingerprint density at radius 2 is 1.89 bits per heavy atom. The van der Waals surface area contributed by atoms with Gasteiger partial charge in [-0.1, -0.05) is 11.6 Å². The summed E-state index contributed by atoms with van der Waals surface area (Å²) >= 11 is 5.78. The Morgan fingerprint density at radius 3 is 2.53 bits per heavy atom. The summed E-state index contributed by atoms with van der Waals surface area (Å²) in [6.45, 7) is 0. The Labute approximate surface area is 109 Å². The van der Waals surface area contributed by atoms with Gasteiger partial charge in [0.1, 0.15) is 5.82 Å². The minimum atomic E-state index is -0.985. The molecule has 7 nitrogen and oxygen atoms in total. The fourth-order valence-corrected chi connectivity index (χ4v) is 1.73. The molecule has 9 heteroatoms. The van der Waals surface area contributed by atoms with Crippen molar-refractivity contribution in [3.8, 4) is 5.69 Å². The molecular formula is C10H8ClFN4O3. The SMILES string of the molecule is Cn1c(=O)[nH]c(=O)n(-c2cc(N)c(F)cc2Cl)c1=O. The Kier molecular flexibility index (Phi) is 3.03. The van der Waals surface area contributed by atoms with Crippen molar-refractivity contribution in [2.75, 3.05) is 5.73 Å². The molecule has 3 N–H and O–H groups in total. The van der Waals surface area contributed by atoms with Crippen LogP contribution in [0.5, 0.6) is 0 Å². The van der Waals surface area contributed by atoms with Gasteiger partial charge in [0.15, 0.2) is 0 Å². The number of aromatic nitrogens is 3. The van der Waals surface area contributed by atoms with Crippen LogP contribution in [-0.2, 0) is 7.05 Å². The Hall–Kier alpha value is -2.35. The Morgan fingerprint density at radius 1 is 1.26 bits per heavy atom. The number of benzene rings is 1. The maximum Gasteiger partial charge on any atom is 0.340 e. The van der Waals surface area contributed by atoms with Gasteiger partial charge in [0.2, 0.25) is 0 Å². The predicted molar refractivity (Wildman–Crippen MR) is 67.3 cm³/mol. The van der Waals surface area contributed by atoms with Crippen molar-refractivity contribution < 1.29 is 4.39 Å². The molecule has 0 bridgehead atoms. The zero-order valence-electron chi connectivity index (χ0n) is 9.61. The quantitative estimate of drug-likeness (QED) is 0.696. The average Bonchev–Trinajstić information content (AvgIpc) is 2.33. The van der Waals surface area contributed by atoms with E-state index in [2.05, 4.69) is 0 Å². The Bertz CT molecular complexity index is 836. The molecule has 0 saturated heterocycles. The number of nitrogen functional groups attached to an aromatic ring is 1. The van der Waals surface area contributed by atoms with Gasteiger partial charge in [-0.15, -0.1) is 0 Å². The van der Waals surface area contributed by atoms with E-state index < -0.39 is 22.9 Å². The lowest BCUT2D eigenvalue weighted by Crippen LogP contribution is -2.47. The minimum absolute atomic E-state index is 0.109. The van der Waals surface area contributed by atoms with Crippen molar-refractivity contribution in [1.29, 1.82) is 0 Å². The highest BCUT2D eigenvalue weighted by molar-refractivity contribution is 6.32. The van der Waals surface area contributed by atoms with Crippen molar-refractivity contribution in [2.24, 2.45) is 7.05 Å². The third kappa shape index (κ3) is 2.06. The van der Waals surface area contributed by atoms with E-state index in [0.29, 0.717) is 9.13 Å². The van der Waals surface area contributed by atoms with E-state index in [-0.39, 0.29) is 16.4 Å². The molecule has 0 unspecified atom stereocenters. The molecule has 100 valence electrons. The third-order valence-electron chi connectivity index (χ3n) is 2.51. The summed E-state index contributed by atoms with van der Waals surface area (Å²) in [5, 5.41) is -0.182. The second kappa shape index (κ2) is 4.39. The van der Waals surface area contributed by atoms with Crippen LogP contribution in [0.1, 0.15) is 0 Å². The number of H-pyrrole nitrogens is 1. The topological polar surface area (TPSA) is 103 Å². The maximum atomic E-state index is 13.2. The molecule has 2 aromatic rings. The molecule has 0 aliphatic carbocycles. The molecule has 1 aromatic heterocycles. The normalized spacial score (nSPS) is 10.7. The summed E-state index contributed by atoms with van der Waals surface area (Å²) < 4.78 is 14.5. The predicted octanol–water partition coefficient (Wildman–Crippen LogP) is -0.401. The zero-order valence-corrected chi connectivity index (χ0v) is 10.4. The molecule has 2 rings (SSSR count). The number of anilines is 1. The van der Waals surface area contributed by atoms with Crippen LogP contribution >= 0.6 is 11.6 Å². The number of halogens is 2. The van der Waals surface area contributed by atoms with E-state index in [1.807, 2.05) is 4.98 Å². The molecule has 0 atom stereocenters. The molecule has 0 fully saturated rings. The van der Waals surface area contributed by atoms with Crippen LogP contribution < -0.4 is 22.8 Å². The second-order valence-electron chi connectivity index (χ2n) is 3.74. The van der Waals surface area contributed by atoms with Gasteiger partial charge in [0.05, 0.1) is 16.4 Å². The highest BCUT2D eigenvalue weighted by Crippen LogP contribution is 2.23. The zero-order chi connectivity index (χ0) is 14.3. The van der Waals surface area contributed by atoms with Crippen LogP contribution in [-0.4, -0.2) is 14.1 Å². The molecule has 0 saturated carbocycles. The smallest absolute Gasteiger partial charge is 0.340 e. The summed E-state index contributed by atoms with van der Waals surface area (Å²) in [5.41, 5.74) is 2.21. The first-order valence-electron chi connectivity index (χ1n) is 5.00. The van der Waals surface area contributed by atoms with Crippen molar-refractivity contribution in [3.63, 3.8) is 0 Å². The third-order valence-corrected chi connectivity index (χ3v) is 2.81. The van der Waals surface area contributed by atoms with Gasteiger partial charge in [0, 0.05) is 7.05 Å². The number of hydrogen-bond acceptors (Lipinski definition) is 4. The minimum Gasteiger partial charge on any atom is -0.396 e. The van der Waals surface area contributed by atoms with Gasteiger partial charge < -0.3 is 5.73 Å². The van der Waals surface area contributed by atoms with Crippen LogP contribution in [0.2, 0.25) is 5.02 Å². The van der Waals surface area contributed by atoms with E-state index in [1.165, 1.54) is 7.05 Å². The number of nitrogens with two attached hydrogens (primary N) is 1. The Balaban J connectivity index is 2.92. The fraction of sp³-hybridized carbons (Fsp3) is 0.100. The van der Waals surface area contributed by atoms with E-state index in [1.54, 1.807) is 0 Å². The van der Waals surface area contributed by atoms with E-state index in [4.69, 9.17) is 17.3 Å². The first kappa shape index (κ1) is 13.1. The number of nitrogens with one attached hydrogen (secondary N) is 1. The van der Waals surface area contributed by atoms with Gasteiger partial charge in [-0.2, -0.15) is 0 Å². The monoisotopic (exact) mass is 286 g/mol. The van der Waals surface area contributed by atoms with Crippen LogP contribution in [0.25, 0.3) is 5.69 Å². The van der Waals surface area contributed by atoms with Crippen molar-refractivity contribution in [3.05, 3.63) is 54.4 Å². The van der Waals surface area contributed by atoms with E-state index in [9.17, 15) is 18.8 Å². The average molecular weight is 287 g/mol. The van der Waals surface area contributed by atoms with Crippen LogP contribution in [0.4, 0.5) is 10.1 Å². The summed E-state index contributed by atoms with van der Waals surface area (Å²) in [5.74, 6) is -0.775. The fourth-order valence-electron chi connectivity index (χ4n) is 1.49. The molecule has 1 heterocycles. The molecule has 0 amide bonds. The second-order valence-corrected chi connectivity index (χ2v) is 4.14. The molecule has 1 aromatic carbocycles. The van der Waals surface area contributed by atoms with Crippen LogP contribution in [0.15, 0.2) is 26.5 Å². The lowest BCUT2D eigenvalue weighted by atomic mass is 10.2. The molecule has 0 aliphatic heterocycles. The van der Waals surface area contributed by atoms with Crippen molar-refractivity contribution >= 4 is 17.3 Å². The summed E-state index contributed by atoms with van der Waals surface area (Å²) in [6.07, 6.45) is 0. The molecule has 19 heavy (non-hydrogen) atoms. The number of hydrogen-bond donors (Lipinski definition) is 2. The van der Waals surface area contributed by atoms with E-state index in [0.717, 1.165) is 12.1 Å². The summed E-state index contributed by atoms with van der Waals surface area (Å²) in [7, 11) is 1.18. The van der Waals surface area contributed by atoms with Crippen LogP contribution in [0, 0.1) is 5.82 Å². The van der Waals surface area contributed by atoms with Crippen molar-refractivity contribution in [2.45, 2.75) is 0 Å². The lowest BCUT2D eigenvalue weighted by molar-refractivity contribution is 0.629. The summed E-state index contributed by atoms with van der Waals surface area (Å²) in [6, 6.07) is 1.92. The first-order chi connectivity index (χ1) is 8.82. The van der Waals surface area contributed by atoms with Crippen LogP contribution in [0.3, 0.4) is 0 Å². The molecule has 0 aliphatic rings. The van der Waals surface area contributed by atoms with E-state index >= 15 is 0 Å². The highest BCUT2D eigenvalue weighted by Gasteiger charge is 2.14. The number of rotatable bonds is 1. The lowest BCUT2D eigenvalue weighted by Gasteiger charge is -2.09. The molecule has 0 radical (unpaired) electrons. The first-order valence-corrected chi connectivity index (χ1v) is 5.38. The largest absolute Gasteiger partial charge is 0.396 e. The van der Waals surface area contributed by atoms with Crippen molar-refractivity contribution in [1.82, 2.24) is 14.1 Å². The van der Waals surface area contributed by atoms with Gasteiger partial charge >= 0.3 is 17.1 Å². The summed E-state index contributed by atoms with van der Waals surface area (Å²) in [4.78, 5) is 36.7. The number of aromatic amines is 1. The molecular weight excluding hydrogens is 279 g/mol.